The zero-order valence-electron chi connectivity index (χ0n) is 4.07. The maximum absolute atomic E-state index is 11.6. The van der Waals surface area contributed by atoms with Crippen LogP contribution in [0, 0.1) is 22.7 Å². The van der Waals surface area contributed by atoms with Gasteiger partial charge >= 0.3 is 10.2 Å². The highest BCUT2D eigenvalue weighted by Gasteiger charge is 2.23. The van der Waals surface area contributed by atoms with Gasteiger partial charge in [0.15, 0.2) is 0 Å². The Bertz CT molecular complexity index is 255. The molecule has 0 saturated heterocycles. The molecule has 0 radical (unpaired) electrons. The van der Waals surface area contributed by atoms with Crippen molar-refractivity contribution in [2.75, 3.05) is 0 Å². The predicted molar refractivity (Wildman–Crippen MR) is 25.0 cm³/mol. The molecule has 9 heavy (non-hydrogen) atoms. The maximum Gasteiger partial charge on any atom is 0.332 e. The molecule has 0 aromatic rings. The molecule has 0 rings (SSSR count). The summed E-state index contributed by atoms with van der Waals surface area (Å²) in [5, 5.41) is 13.4. The van der Waals surface area contributed by atoms with Crippen molar-refractivity contribution in [3.63, 3.8) is 0 Å². The average molecular weight is 148 g/mol. The lowest BCUT2D eigenvalue weighted by molar-refractivity contribution is 0.551. The van der Waals surface area contributed by atoms with Gasteiger partial charge < -0.3 is 0 Å². The zero-order valence-corrected chi connectivity index (χ0v) is 4.89. The van der Waals surface area contributed by atoms with E-state index in [4.69, 9.17) is 10.5 Å². The second-order valence-electron chi connectivity index (χ2n) is 1.11. The van der Waals surface area contributed by atoms with E-state index in [0.717, 1.165) is 12.1 Å². The minimum Gasteiger partial charge on any atom is -0.196 e. The van der Waals surface area contributed by atoms with Gasteiger partial charge in [-0.3, -0.25) is 0 Å². The van der Waals surface area contributed by atoms with Crippen LogP contribution in [0.1, 0.15) is 0 Å². The van der Waals surface area contributed by atoms with Crippen molar-refractivity contribution in [3.8, 4) is 12.1 Å². The van der Waals surface area contributed by atoms with Crippen LogP contribution in [-0.4, -0.2) is 13.7 Å². The van der Waals surface area contributed by atoms with Crippen LogP contribution in [-0.2, 0) is 10.2 Å². The first-order chi connectivity index (χ1) is 4.02. The fourth-order valence-electron chi connectivity index (χ4n) is 0.155. The van der Waals surface area contributed by atoms with Crippen LogP contribution in [0.25, 0.3) is 0 Å². The molecular weight excluding hydrogens is 147 g/mol. The van der Waals surface area contributed by atoms with Crippen molar-refractivity contribution < 1.29 is 12.3 Å². The molecule has 0 aromatic heterocycles. The molecule has 0 saturated carbocycles. The standard InChI is InChI=1S/C3HFN2O2S/c4-9(7,8)3(1-5)2-6/h3H. The van der Waals surface area contributed by atoms with E-state index in [9.17, 15) is 12.3 Å². The lowest BCUT2D eigenvalue weighted by Gasteiger charge is -1.86. The average Bonchev–Trinajstić information content (AvgIpc) is 1.65. The van der Waals surface area contributed by atoms with Crippen LogP contribution in [0.4, 0.5) is 3.89 Å². The van der Waals surface area contributed by atoms with Gasteiger partial charge in [-0.05, 0) is 0 Å². The van der Waals surface area contributed by atoms with Gasteiger partial charge in [0.05, 0.1) is 0 Å². The monoisotopic (exact) mass is 148 g/mol. The van der Waals surface area contributed by atoms with Gasteiger partial charge in [0.2, 0.25) is 0 Å². The van der Waals surface area contributed by atoms with Crippen molar-refractivity contribution in [2.45, 2.75) is 5.25 Å². The lowest BCUT2D eigenvalue weighted by atomic mass is 10.5. The summed E-state index contributed by atoms with van der Waals surface area (Å²) >= 11 is 0. The van der Waals surface area contributed by atoms with Crippen molar-refractivity contribution in [1.29, 1.82) is 10.5 Å². The van der Waals surface area contributed by atoms with Gasteiger partial charge in [0.25, 0.3) is 5.25 Å². The molecule has 0 fully saturated rings. The Kier molecular flexibility index (Phi) is 2.12. The van der Waals surface area contributed by atoms with Gasteiger partial charge in [0, 0.05) is 0 Å². The van der Waals surface area contributed by atoms with E-state index in [1.165, 1.54) is 0 Å². The van der Waals surface area contributed by atoms with Crippen LogP contribution in [0.2, 0.25) is 0 Å². The van der Waals surface area contributed by atoms with Gasteiger partial charge in [-0.2, -0.15) is 18.9 Å². The lowest BCUT2D eigenvalue weighted by Crippen LogP contribution is -2.10. The largest absolute Gasteiger partial charge is 0.332 e. The Morgan fingerprint density at radius 3 is 1.67 bits per heavy atom. The first-order valence-corrected chi connectivity index (χ1v) is 3.19. The first-order valence-electron chi connectivity index (χ1n) is 1.75. The number of hydrogen-bond acceptors (Lipinski definition) is 4. The van der Waals surface area contributed by atoms with E-state index in [1.807, 2.05) is 0 Å². The molecule has 0 atom stereocenters. The summed E-state index contributed by atoms with van der Waals surface area (Å²) < 4.78 is 30.9. The van der Waals surface area contributed by atoms with E-state index < -0.39 is 15.5 Å². The summed E-state index contributed by atoms with van der Waals surface area (Å²) in [6, 6.07) is 1.94. The molecule has 0 aliphatic carbocycles. The summed E-state index contributed by atoms with van der Waals surface area (Å²) in [6.07, 6.45) is 0. The Balaban J connectivity index is 4.65. The van der Waals surface area contributed by atoms with Crippen LogP contribution in [0.15, 0.2) is 0 Å². The van der Waals surface area contributed by atoms with Gasteiger partial charge in [-0.25, -0.2) is 0 Å². The number of halogens is 1. The Hall–Kier alpha value is -1.14. The molecule has 0 bridgehead atoms. The van der Waals surface area contributed by atoms with Crippen LogP contribution >= 0.6 is 0 Å². The highest BCUT2D eigenvalue weighted by molar-refractivity contribution is 7.87. The third-order valence-corrected chi connectivity index (χ3v) is 1.29. The van der Waals surface area contributed by atoms with E-state index in [-0.39, 0.29) is 0 Å². The molecule has 0 spiro atoms. The molecule has 0 unspecified atom stereocenters. The minimum atomic E-state index is -4.99. The highest BCUT2D eigenvalue weighted by atomic mass is 32.3. The molecule has 0 N–H and O–H groups in total. The Morgan fingerprint density at radius 1 is 1.33 bits per heavy atom. The number of hydrogen-bond donors (Lipinski definition) is 0. The first kappa shape index (κ1) is 7.86. The summed E-state index contributed by atoms with van der Waals surface area (Å²) in [6.45, 7) is 0. The maximum atomic E-state index is 11.6. The summed E-state index contributed by atoms with van der Waals surface area (Å²) in [5.41, 5.74) is 0. The third kappa shape index (κ3) is 2.06. The smallest absolute Gasteiger partial charge is 0.196 e. The topological polar surface area (TPSA) is 81.7 Å². The van der Waals surface area contributed by atoms with Gasteiger partial charge in [0.1, 0.15) is 12.1 Å². The molecule has 6 heteroatoms. The second kappa shape index (κ2) is 2.42. The molecule has 0 heterocycles. The van der Waals surface area contributed by atoms with Crippen molar-refractivity contribution in [2.24, 2.45) is 0 Å². The molecule has 0 amide bonds. The number of nitrogens with zero attached hydrogens (tertiary/aromatic N) is 2. The van der Waals surface area contributed by atoms with Crippen LogP contribution in [0.5, 0.6) is 0 Å². The number of rotatable bonds is 1. The van der Waals surface area contributed by atoms with E-state index in [0.29, 0.717) is 0 Å². The quantitative estimate of drug-likeness (QED) is 0.478. The van der Waals surface area contributed by atoms with E-state index in [1.54, 1.807) is 0 Å². The highest BCUT2D eigenvalue weighted by Crippen LogP contribution is 1.99. The zero-order chi connectivity index (χ0) is 7.49. The second-order valence-corrected chi connectivity index (χ2v) is 2.54. The summed E-state index contributed by atoms with van der Waals surface area (Å²) in [5.74, 6) is 0. The van der Waals surface area contributed by atoms with Gasteiger partial charge in [-0.15, -0.1) is 3.89 Å². The van der Waals surface area contributed by atoms with E-state index >= 15 is 0 Å². The van der Waals surface area contributed by atoms with Crippen molar-refractivity contribution >= 4 is 10.2 Å². The Labute approximate surface area is 51.3 Å². The Morgan fingerprint density at radius 2 is 1.67 bits per heavy atom. The molecule has 0 aliphatic heterocycles. The molecule has 48 valence electrons. The molecule has 4 nitrogen and oxygen atoms in total. The van der Waals surface area contributed by atoms with Crippen LogP contribution in [0.3, 0.4) is 0 Å². The number of nitriles is 2. The van der Waals surface area contributed by atoms with E-state index in [2.05, 4.69) is 0 Å². The summed E-state index contributed by atoms with van der Waals surface area (Å²) in [7, 11) is -4.99. The molecule has 0 aliphatic rings. The fourth-order valence-corrected chi connectivity index (χ4v) is 0.407. The SMILES string of the molecule is N#CC(C#N)S(=O)(=O)F. The molecular formula is C3HFN2O2S. The van der Waals surface area contributed by atoms with Crippen molar-refractivity contribution in [1.82, 2.24) is 0 Å². The third-order valence-electron chi connectivity index (χ3n) is 0.516. The van der Waals surface area contributed by atoms with Crippen molar-refractivity contribution in [3.05, 3.63) is 0 Å². The van der Waals surface area contributed by atoms with Crippen LogP contribution < -0.4 is 0 Å². The summed E-state index contributed by atoms with van der Waals surface area (Å²) in [4.78, 5) is 0. The predicted octanol–water partition coefficient (Wildman–Crippen LogP) is -0.299. The normalized spacial score (nSPS) is 10.2. The minimum absolute atomic E-state index is 0.968. The fraction of sp³-hybridized carbons (Fsp3) is 0.333. The van der Waals surface area contributed by atoms with Gasteiger partial charge in [-0.1, -0.05) is 0 Å². The molecule has 0 aromatic carbocycles.